The standard InChI is InChI=1S/C18H26N6O4S/c1-13-11-14(5-6-15(13)27-4)29(25,26)19-12-16-20-17(23(2)3)22-18(21-16)24-7-9-28-10-8-24/h5-6,11,19H,7-10,12H2,1-4H3. The molecule has 0 saturated carbocycles. The number of nitrogens with one attached hydrogen (secondary N) is 1. The van der Waals surface area contributed by atoms with Gasteiger partial charge in [0, 0.05) is 27.2 Å². The van der Waals surface area contributed by atoms with Crippen molar-refractivity contribution in [2.45, 2.75) is 18.4 Å². The quantitative estimate of drug-likeness (QED) is 0.685. The normalized spacial score (nSPS) is 14.7. The van der Waals surface area contributed by atoms with E-state index >= 15 is 0 Å². The molecule has 0 aliphatic carbocycles. The molecular weight excluding hydrogens is 396 g/mol. The lowest BCUT2D eigenvalue weighted by Gasteiger charge is -2.27. The molecule has 1 aliphatic rings. The van der Waals surface area contributed by atoms with Crippen LogP contribution in [0.2, 0.25) is 0 Å². The number of aromatic nitrogens is 3. The predicted molar refractivity (Wildman–Crippen MR) is 109 cm³/mol. The number of hydrogen-bond donors (Lipinski definition) is 1. The molecule has 0 radical (unpaired) electrons. The number of morpholine rings is 1. The van der Waals surface area contributed by atoms with Gasteiger partial charge in [-0.3, -0.25) is 0 Å². The maximum Gasteiger partial charge on any atom is 0.240 e. The fraction of sp³-hybridized carbons (Fsp3) is 0.500. The second-order valence-corrected chi connectivity index (χ2v) is 8.57. The molecule has 0 amide bonds. The van der Waals surface area contributed by atoms with Gasteiger partial charge in [-0.1, -0.05) is 0 Å². The van der Waals surface area contributed by atoms with Gasteiger partial charge in [-0.05, 0) is 30.7 Å². The number of sulfonamides is 1. The van der Waals surface area contributed by atoms with Gasteiger partial charge in [-0.25, -0.2) is 13.1 Å². The number of benzene rings is 1. The maximum absolute atomic E-state index is 12.7. The van der Waals surface area contributed by atoms with E-state index in [1.807, 2.05) is 19.0 Å². The van der Waals surface area contributed by atoms with Crippen LogP contribution in [0.3, 0.4) is 0 Å². The van der Waals surface area contributed by atoms with Crippen LogP contribution in [0.5, 0.6) is 5.75 Å². The molecular formula is C18H26N6O4S. The van der Waals surface area contributed by atoms with Gasteiger partial charge in [-0.2, -0.15) is 15.0 Å². The third kappa shape index (κ3) is 5.11. The molecule has 1 N–H and O–H groups in total. The molecule has 2 heterocycles. The highest BCUT2D eigenvalue weighted by Crippen LogP contribution is 2.21. The summed E-state index contributed by atoms with van der Waals surface area (Å²) >= 11 is 0. The fourth-order valence-corrected chi connectivity index (χ4v) is 3.91. The van der Waals surface area contributed by atoms with Crippen LogP contribution in [-0.4, -0.2) is 70.9 Å². The Kier molecular flexibility index (Phi) is 6.50. The summed E-state index contributed by atoms with van der Waals surface area (Å²) in [6, 6.07) is 4.71. The van der Waals surface area contributed by atoms with Crippen molar-refractivity contribution in [3.63, 3.8) is 0 Å². The molecule has 158 valence electrons. The Balaban J connectivity index is 1.81. The van der Waals surface area contributed by atoms with Crippen molar-refractivity contribution in [2.24, 2.45) is 0 Å². The van der Waals surface area contributed by atoms with Crippen LogP contribution in [0.15, 0.2) is 23.1 Å². The van der Waals surface area contributed by atoms with Crippen LogP contribution < -0.4 is 19.3 Å². The lowest BCUT2D eigenvalue weighted by atomic mass is 10.2. The van der Waals surface area contributed by atoms with E-state index in [-0.39, 0.29) is 11.4 Å². The SMILES string of the molecule is COc1ccc(S(=O)(=O)NCc2nc(N(C)C)nc(N3CCOCC3)n2)cc1C. The van der Waals surface area contributed by atoms with E-state index in [2.05, 4.69) is 19.7 Å². The van der Waals surface area contributed by atoms with Crippen molar-refractivity contribution in [3.05, 3.63) is 29.6 Å². The van der Waals surface area contributed by atoms with E-state index in [9.17, 15) is 8.42 Å². The Labute approximate surface area is 170 Å². The molecule has 11 heteroatoms. The maximum atomic E-state index is 12.7. The monoisotopic (exact) mass is 422 g/mol. The van der Waals surface area contributed by atoms with E-state index in [1.165, 1.54) is 6.07 Å². The average molecular weight is 423 g/mol. The second-order valence-electron chi connectivity index (χ2n) is 6.80. The Morgan fingerprint density at radius 2 is 1.93 bits per heavy atom. The molecule has 2 aromatic rings. The Morgan fingerprint density at radius 3 is 2.55 bits per heavy atom. The molecule has 1 aliphatic heterocycles. The molecule has 10 nitrogen and oxygen atoms in total. The van der Waals surface area contributed by atoms with E-state index in [0.717, 1.165) is 5.56 Å². The number of anilines is 2. The predicted octanol–water partition coefficient (Wildman–Crippen LogP) is 0.570. The van der Waals surface area contributed by atoms with Gasteiger partial charge in [0.15, 0.2) is 5.82 Å². The van der Waals surface area contributed by atoms with Crippen molar-refractivity contribution in [1.82, 2.24) is 19.7 Å². The number of rotatable bonds is 7. The van der Waals surface area contributed by atoms with Gasteiger partial charge in [0.1, 0.15) is 5.75 Å². The van der Waals surface area contributed by atoms with Gasteiger partial charge in [0.25, 0.3) is 0 Å². The summed E-state index contributed by atoms with van der Waals surface area (Å²) in [5.41, 5.74) is 0.736. The second kappa shape index (κ2) is 8.89. The number of hydrogen-bond acceptors (Lipinski definition) is 9. The van der Waals surface area contributed by atoms with Gasteiger partial charge in [0.05, 0.1) is 31.8 Å². The molecule has 1 aromatic carbocycles. The Morgan fingerprint density at radius 1 is 1.21 bits per heavy atom. The van der Waals surface area contributed by atoms with Crippen molar-refractivity contribution < 1.29 is 17.9 Å². The Hall–Kier alpha value is -2.50. The zero-order valence-electron chi connectivity index (χ0n) is 17.0. The zero-order chi connectivity index (χ0) is 21.0. The summed E-state index contributed by atoms with van der Waals surface area (Å²) in [5.74, 6) is 1.96. The van der Waals surface area contributed by atoms with Gasteiger partial charge in [0.2, 0.25) is 21.9 Å². The zero-order valence-corrected chi connectivity index (χ0v) is 17.9. The molecule has 3 rings (SSSR count). The lowest BCUT2D eigenvalue weighted by Crippen LogP contribution is -2.38. The summed E-state index contributed by atoms with van der Waals surface area (Å²) in [4.78, 5) is 17.2. The molecule has 29 heavy (non-hydrogen) atoms. The van der Waals surface area contributed by atoms with Crippen LogP contribution >= 0.6 is 0 Å². The van der Waals surface area contributed by atoms with Crippen molar-refractivity contribution in [1.29, 1.82) is 0 Å². The van der Waals surface area contributed by atoms with Gasteiger partial charge < -0.3 is 19.3 Å². The Bertz CT molecular complexity index is 961. The van der Waals surface area contributed by atoms with Crippen molar-refractivity contribution in [2.75, 3.05) is 57.3 Å². The number of nitrogens with zero attached hydrogens (tertiary/aromatic N) is 5. The topological polar surface area (TPSA) is 110 Å². The first-order valence-electron chi connectivity index (χ1n) is 9.19. The molecule has 1 saturated heterocycles. The van der Waals surface area contributed by atoms with E-state index < -0.39 is 10.0 Å². The van der Waals surface area contributed by atoms with E-state index in [4.69, 9.17) is 9.47 Å². The van der Waals surface area contributed by atoms with Crippen molar-refractivity contribution >= 4 is 21.9 Å². The van der Waals surface area contributed by atoms with Crippen LogP contribution in [0.25, 0.3) is 0 Å². The number of methoxy groups -OCH3 is 1. The molecule has 0 atom stereocenters. The lowest BCUT2D eigenvalue weighted by molar-refractivity contribution is 0.122. The number of ether oxygens (including phenoxy) is 2. The summed E-state index contributed by atoms with van der Waals surface area (Å²) in [6.45, 7) is 4.29. The summed E-state index contributed by atoms with van der Waals surface area (Å²) in [7, 11) is 1.47. The third-order valence-corrected chi connectivity index (χ3v) is 5.85. The van der Waals surface area contributed by atoms with Gasteiger partial charge in [-0.15, -0.1) is 0 Å². The molecule has 1 aromatic heterocycles. The van der Waals surface area contributed by atoms with Gasteiger partial charge >= 0.3 is 0 Å². The van der Waals surface area contributed by atoms with Crippen LogP contribution in [0, 0.1) is 6.92 Å². The van der Waals surface area contributed by atoms with Crippen molar-refractivity contribution in [3.8, 4) is 5.75 Å². The summed E-state index contributed by atoms with van der Waals surface area (Å²) in [5, 5.41) is 0. The number of aryl methyl sites for hydroxylation is 1. The highest BCUT2D eigenvalue weighted by atomic mass is 32.2. The minimum atomic E-state index is -3.73. The smallest absolute Gasteiger partial charge is 0.240 e. The third-order valence-electron chi connectivity index (χ3n) is 4.45. The fourth-order valence-electron chi connectivity index (χ4n) is 2.84. The first-order chi connectivity index (χ1) is 13.8. The first kappa shape index (κ1) is 21.2. The molecule has 0 bridgehead atoms. The summed E-state index contributed by atoms with van der Waals surface area (Å²) in [6.07, 6.45) is 0. The van der Waals surface area contributed by atoms with Crippen LogP contribution in [0.4, 0.5) is 11.9 Å². The molecule has 1 fully saturated rings. The minimum absolute atomic E-state index is 0.0475. The van der Waals surface area contributed by atoms with E-state index in [0.29, 0.717) is 49.8 Å². The molecule has 0 unspecified atom stereocenters. The first-order valence-corrected chi connectivity index (χ1v) is 10.7. The van der Waals surface area contributed by atoms with Crippen LogP contribution in [-0.2, 0) is 21.3 Å². The van der Waals surface area contributed by atoms with E-state index in [1.54, 1.807) is 31.1 Å². The highest BCUT2D eigenvalue weighted by Gasteiger charge is 2.20. The molecule has 0 spiro atoms. The highest BCUT2D eigenvalue weighted by molar-refractivity contribution is 7.89. The van der Waals surface area contributed by atoms with Crippen LogP contribution in [0.1, 0.15) is 11.4 Å². The largest absolute Gasteiger partial charge is 0.496 e. The average Bonchev–Trinajstić information content (AvgIpc) is 2.72. The summed E-state index contributed by atoms with van der Waals surface area (Å²) < 4.78 is 38.5. The minimum Gasteiger partial charge on any atom is -0.496 e.